The van der Waals surface area contributed by atoms with Gasteiger partial charge in [-0.3, -0.25) is 15.1 Å². The molecule has 11 heteroatoms. The second-order valence-electron chi connectivity index (χ2n) is 7.21. The Morgan fingerprint density at radius 3 is 2.41 bits per heavy atom. The largest absolute Gasteiger partial charge is 0.378 e. The summed E-state index contributed by atoms with van der Waals surface area (Å²) in [5.41, 5.74) is 2.34. The zero-order chi connectivity index (χ0) is 23.0. The van der Waals surface area contributed by atoms with E-state index in [1.807, 2.05) is 25.8 Å². The van der Waals surface area contributed by atoms with Gasteiger partial charge in [0.2, 0.25) is 0 Å². The van der Waals surface area contributed by atoms with Crippen LogP contribution in [0.2, 0.25) is 0 Å². The molecular weight excluding hydrogens is 545 g/mol. The molecule has 0 aliphatic carbocycles. The first-order chi connectivity index (χ1) is 14.6. The van der Waals surface area contributed by atoms with E-state index in [-0.39, 0.29) is 40.2 Å². The number of aliphatic imine (C=N–C) groups is 1. The average molecular weight is 575 g/mol. The zero-order valence-corrected chi connectivity index (χ0v) is 21.8. The summed E-state index contributed by atoms with van der Waals surface area (Å²) in [6.45, 7) is 6.17. The lowest BCUT2D eigenvalue weighted by molar-refractivity contribution is -0.384. The van der Waals surface area contributed by atoms with Gasteiger partial charge >= 0.3 is 0 Å². The van der Waals surface area contributed by atoms with Gasteiger partial charge in [0.05, 0.1) is 16.4 Å². The van der Waals surface area contributed by atoms with Gasteiger partial charge in [0.15, 0.2) is 15.8 Å². The third kappa shape index (κ3) is 8.26. The van der Waals surface area contributed by atoms with Gasteiger partial charge in [0.1, 0.15) is 5.69 Å². The number of rotatable bonds is 9. The van der Waals surface area contributed by atoms with Crippen LogP contribution in [-0.4, -0.2) is 57.1 Å². The third-order valence-corrected chi connectivity index (χ3v) is 5.63. The molecule has 2 rings (SSSR count). The Balaban J connectivity index is 0.00000512. The summed E-state index contributed by atoms with van der Waals surface area (Å²) >= 11 is 0. The predicted molar refractivity (Wildman–Crippen MR) is 139 cm³/mol. The molecule has 0 atom stereocenters. The van der Waals surface area contributed by atoms with Gasteiger partial charge in [0, 0.05) is 39.0 Å². The van der Waals surface area contributed by atoms with E-state index in [9.17, 15) is 18.5 Å². The van der Waals surface area contributed by atoms with E-state index in [1.165, 1.54) is 23.3 Å². The number of sulfone groups is 1. The first-order valence-corrected chi connectivity index (χ1v) is 11.8. The molecule has 176 valence electrons. The van der Waals surface area contributed by atoms with E-state index in [1.54, 1.807) is 0 Å². The number of nitrogens with zero attached hydrogens (tertiary/aromatic N) is 3. The number of nitrogens with one attached hydrogen (secondary N) is 2. The number of guanidine groups is 1. The molecule has 0 radical (unpaired) electrons. The number of aryl methyl sites for hydroxylation is 1. The van der Waals surface area contributed by atoms with Crippen LogP contribution in [0.3, 0.4) is 0 Å². The molecule has 0 bridgehead atoms. The fourth-order valence-corrected chi connectivity index (χ4v) is 3.55. The molecule has 2 N–H and O–H groups in total. The first-order valence-electron chi connectivity index (χ1n) is 9.89. The number of hydrogen-bond donors (Lipinski definition) is 2. The topological polar surface area (TPSA) is 117 Å². The van der Waals surface area contributed by atoms with Crippen molar-refractivity contribution in [2.24, 2.45) is 4.99 Å². The first kappa shape index (κ1) is 27.6. The molecule has 0 unspecified atom stereocenters. The summed E-state index contributed by atoms with van der Waals surface area (Å²) in [5.74, 6) is 0.729. The van der Waals surface area contributed by atoms with Crippen molar-refractivity contribution >= 4 is 51.1 Å². The molecule has 0 fully saturated rings. The Morgan fingerprint density at radius 2 is 1.84 bits per heavy atom. The van der Waals surface area contributed by atoms with E-state index in [4.69, 9.17) is 0 Å². The Bertz CT molecular complexity index is 1040. The predicted octanol–water partition coefficient (Wildman–Crippen LogP) is 3.43. The Labute approximate surface area is 206 Å². The van der Waals surface area contributed by atoms with E-state index in [2.05, 4.69) is 39.9 Å². The molecule has 2 aromatic rings. The minimum Gasteiger partial charge on any atom is -0.378 e. The summed E-state index contributed by atoms with van der Waals surface area (Å²) in [6, 6.07) is 12.1. The second-order valence-corrected chi connectivity index (χ2v) is 9.23. The van der Waals surface area contributed by atoms with Gasteiger partial charge in [-0.05, 0) is 31.5 Å². The van der Waals surface area contributed by atoms with Crippen molar-refractivity contribution in [3.8, 4) is 0 Å². The Morgan fingerprint density at radius 1 is 1.19 bits per heavy atom. The average Bonchev–Trinajstić information content (AvgIpc) is 2.71. The van der Waals surface area contributed by atoms with Crippen LogP contribution in [0.1, 0.15) is 18.1 Å². The molecule has 0 aliphatic heterocycles. The SMILES string of the molecule is CCNC(=NCCNc1ccc(S(C)(=O)=O)cc1[N+](=O)[O-])N(C)Cc1ccc(C)cc1.I. The van der Waals surface area contributed by atoms with Crippen molar-refractivity contribution in [1.82, 2.24) is 10.2 Å². The number of anilines is 1. The quantitative estimate of drug-likeness (QED) is 0.118. The van der Waals surface area contributed by atoms with Crippen LogP contribution in [0.4, 0.5) is 11.4 Å². The van der Waals surface area contributed by atoms with Crippen LogP contribution in [0, 0.1) is 17.0 Å². The Kier molecular flexibility index (Phi) is 10.9. The molecule has 0 amide bonds. The van der Waals surface area contributed by atoms with E-state index in [0.29, 0.717) is 26.2 Å². The molecule has 0 aromatic heterocycles. The molecule has 0 saturated heterocycles. The lowest BCUT2D eigenvalue weighted by Crippen LogP contribution is -2.38. The summed E-state index contributed by atoms with van der Waals surface area (Å²) in [4.78, 5) is 17.2. The van der Waals surface area contributed by atoms with Gasteiger partial charge < -0.3 is 15.5 Å². The van der Waals surface area contributed by atoms with Gasteiger partial charge in [-0.1, -0.05) is 29.8 Å². The summed E-state index contributed by atoms with van der Waals surface area (Å²) in [7, 11) is -1.58. The molecule has 0 spiro atoms. The summed E-state index contributed by atoms with van der Waals surface area (Å²) in [5, 5.41) is 17.6. The normalized spacial score (nSPS) is 11.4. The second kappa shape index (κ2) is 12.6. The van der Waals surface area contributed by atoms with Crippen molar-refractivity contribution < 1.29 is 13.3 Å². The van der Waals surface area contributed by atoms with Crippen molar-refractivity contribution in [2.45, 2.75) is 25.3 Å². The highest BCUT2D eigenvalue weighted by atomic mass is 127. The summed E-state index contributed by atoms with van der Waals surface area (Å²) < 4.78 is 23.3. The lowest BCUT2D eigenvalue weighted by Gasteiger charge is -2.22. The molecule has 32 heavy (non-hydrogen) atoms. The Hall–Kier alpha value is -2.41. The standard InChI is InChI=1S/C21H29N5O4S.HI/c1-5-22-21(25(3)15-17-8-6-16(2)7-9-17)24-13-12-23-19-11-10-18(31(4,29)30)14-20(19)26(27)28;/h6-11,14,23H,5,12-13,15H2,1-4H3,(H,22,24);1H. The van der Waals surface area contributed by atoms with E-state index < -0.39 is 14.8 Å². The zero-order valence-electron chi connectivity index (χ0n) is 18.7. The van der Waals surface area contributed by atoms with Crippen molar-refractivity contribution in [3.63, 3.8) is 0 Å². The number of hydrogen-bond acceptors (Lipinski definition) is 6. The van der Waals surface area contributed by atoms with Crippen LogP contribution < -0.4 is 10.6 Å². The van der Waals surface area contributed by atoms with E-state index in [0.717, 1.165) is 18.3 Å². The fraction of sp³-hybridized carbons (Fsp3) is 0.381. The van der Waals surface area contributed by atoms with Crippen molar-refractivity contribution in [3.05, 3.63) is 63.7 Å². The number of nitro groups is 1. The van der Waals surface area contributed by atoms with Crippen LogP contribution in [-0.2, 0) is 16.4 Å². The minimum atomic E-state index is -3.52. The monoisotopic (exact) mass is 575 g/mol. The molecule has 0 saturated carbocycles. The molecule has 0 heterocycles. The molecular formula is C21H30IN5O4S. The number of halogens is 1. The number of nitro benzene ring substituents is 1. The highest BCUT2D eigenvalue weighted by Gasteiger charge is 2.18. The maximum absolute atomic E-state index is 11.7. The maximum Gasteiger partial charge on any atom is 0.293 e. The van der Waals surface area contributed by atoms with Gasteiger partial charge in [0.25, 0.3) is 5.69 Å². The minimum absolute atomic E-state index is 0. The van der Waals surface area contributed by atoms with Crippen molar-refractivity contribution in [1.29, 1.82) is 0 Å². The van der Waals surface area contributed by atoms with Gasteiger partial charge in [-0.25, -0.2) is 8.42 Å². The highest BCUT2D eigenvalue weighted by Crippen LogP contribution is 2.27. The molecule has 2 aromatic carbocycles. The van der Waals surface area contributed by atoms with Crippen LogP contribution >= 0.6 is 24.0 Å². The smallest absolute Gasteiger partial charge is 0.293 e. The highest BCUT2D eigenvalue weighted by molar-refractivity contribution is 14.0. The lowest BCUT2D eigenvalue weighted by atomic mass is 10.1. The van der Waals surface area contributed by atoms with Crippen LogP contribution in [0.25, 0.3) is 0 Å². The van der Waals surface area contributed by atoms with Crippen molar-refractivity contribution in [2.75, 3.05) is 38.3 Å². The maximum atomic E-state index is 11.7. The van der Waals surface area contributed by atoms with Gasteiger partial charge in [-0.15, -0.1) is 24.0 Å². The van der Waals surface area contributed by atoms with Crippen LogP contribution in [0.5, 0.6) is 0 Å². The molecule has 0 aliphatic rings. The molecule has 9 nitrogen and oxygen atoms in total. The van der Waals surface area contributed by atoms with Crippen LogP contribution in [0.15, 0.2) is 52.4 Å². The summed E-state index contributed by atoms with van der Waals surface area (Å²) in [6.07, 6.45) is 1.02. The number of benzene rings is 2. The third-order valence-electron chi connectivity index (χ3n) is 4.52. The van der Waals surface area contributed by atoms with E-state index >= 15 is 0 Å². The van der Waals surface area contributed by atoms with Gasteiger partial charge in [-0.2, -0.15) is 0 Å². The fourth-order valence-electron chi connectivity index (χ4n) is 2.91.